The van der Waals surface area contributed by atoms with Crippen LogP contribution in [0.25, 0.3) is 0 Å². The van der Waals surface area contributed by atoms with E-state index >= 15 is 0 Å². The van der Waals surface area contributed by atoms with Crippen molar-refractivity contribution in [2.24, 2.45) is 5.92 Å². The Balaban J connectivity index is 2.01. The molecule has 1 aliphatic heterocycles. The minimum Gasteiger partial charge on any atom is -0.445 e. The van der Waals surface area contributed by atoms with Gasteiger partial charge in [-0.15, -0.1) is 0 Å². The van der Waals surface area contributed by atoms with Crippen molar-refractivity contribution in [3.05, 3.63) is 17.3 Å². The zero-order valence-corrected chi connectivity index (χ0v) is 10.5. The van der Waals surface area contributed by atoms with Crippen LogP contribution in [0.4, 0.5) is 0 Å². The topological polar surface area (TPSA) is 38.1 Å². The van der Waals surface area contributed by atoms with E-state index < -0.39 is 0 Å². The first-order chi connectivity index (χ1) is 7.66. The molecule has 0 spiro atoms. The summed E-state index contributed by atoms with van der Waals surface area (Å²) in [6.45, 7) is 8.62. The Bertz CT molecular complexity index is 338. The fourth-order valence-electron chi connectivity index (χ4n) is 2.43. The van der Waals surface area contributed by atoms with E-state index in [1.54, 1.807) is 0 Å². The first-order valence-electron chi connectivity index (χ1n) is 6.33. The molecule has 1 saturated heterocycles. The Morgan fingerprint density at radius 3 is 2.88 bits per heavy atom. The predicted molar refractivity (Wildman–Crippen MR) is 64.6 cm³/mol. The monoisotopic (exact) mass is 222 g/mol. The normalized spacial score (nSPS) is 21.6. The molecule has 2 rings (SSSR count). The summed E-state index contributed by atoms with van der Waals surface area (Å²) >= 11 is 0. The summed E-state index contributed by atoms with van der Waals surface area (Å²) in [4.78, 5) is 4.53. The Morgan fingerprint density at radius 1 is 1.50 bits per heavy atom. The number of aromatic nitrogens is 1. The SMILES string of the molecule is Cc1nc(CC2CCCNC2)oc1C(C)C. The van der Waals surface area contributed by atoms with Crippen LogP contribution >= 0.6 is 0 Å². The second kappa shape index (κ2) is 5.00. The van der Waals surface area contributed by atoms with Crippen LogP contribution in [0.1, 0.15) is 50.0 Å². The molecule has 0 bridgehead atoms. The number of nitrogens with zero attached hydrogens (tertiary/aromatic N) is 1. The van der Waals surface area contributed by atoms with Gasteiger partial charge in [0, 0.05) is 12.3 Å². The molecule has 3 heteroatoms. The number of aryl methyl sites for hydroxylation is 1. The molecule has 0 radical (unpaired) electrons. The van der Waals surface area contributed by atoms with Gasteiger partial charge in [-0.25, -0.2) is 4.98 Å². The number of rotatable bonds is 3. The third kappa shape index (κ3) is 2.64. The molecule has 1 aromatic heterocycles. The van der Waals surface area contributed by atoms with E-state index in [4.69, 9.17) is 4.42 Å². The largest absolute Gasteiger partial charge is 0.445 e. The van der Waals surface area contributed by atoms with Crippen molar-refractivity contribution in [3.63, 3.8) is 0 Å². The molecule has 1 aromatic rings. The molecular weight excluding hydrogens is 200 g/mol. The Labute approximate surface area is 97.6 Å². The Kier molecular flexibility index (Phi) is 3.64. The highest BCUT2D eigenvalue weighted by Crippen LogP contribution is 2.23. The van der Waals surface area contributed by atoms with Crippen LogP contribution in [-0.4, -0.2) is 18.1 Å². The number of hydrogen-bond acceptors (Lipinski definition) is 3. The summed E-state index contributed by atoms with van der Waals surface area (Å²) in [5, 5.41) is 3.43. The van der Waals surface area contributed by atoms with Crippen molar-refractivity contribution in [1.82, 2.24) is 10.3 Å². The van der Waals surface area contributed by atoms with Crippen molar-refractivity contribution in [2.45, 2.75) is 46.0 Å². The van der Waals surface area contributed by atoms with Gasteiger partial charge >= 0.3 is 0 Å². The lowest BCUT2D eigenvalue weighted by Gasteiger charge is -2.21. The third-order valence-electron chi connectivity index (χ3n) is 3.26. The van der Waals surface area contributed by atoms with Crippen LogP contribution in [0.2, 0.25) is 0 Å². The maximum atomic E-state index is 5.84. The molecule has 0 saturated carbocycles. The summed E-state index contributed by atoms with van der Waals surface area (Å²) in [5.74, 6) is 3.12. The number of oxazole rings is 1. The van der Waals surface area contributed by atoms with Crippen LogP contribution in [-0.2, 0) is 6.42 Å². The van der Waals surface area contributed by atoms with E-state index in [9.17, 15) is 0 Å². The predicted octanol–water partition coefficient (Wildman–Crippen LogP) is 2.65. The first kappa shape index (κ1) is 11.6. The van der Waals surface area contributed by atoms with Crippen molar-refractivity contribution in [1.29, 1.82) is 0 Å². The summed E-state index contributed by atoms with van der Waals surface area (Å²) < 4.78 is 5.84. The summed E-state index contributed by atoms with van der Waals surface area (Å²) in [7, 11) is 0. The van der Waals surface area contributed by atoms with Gasteiger partial charge in [-0.2, -0.15) is 0 Å². The van der Waals surface area contributed by atoms with Gasteiger partial charge < -0.3 is 9.73 Å². The maximum absolute atomic E-state index is 5.84. The highest BCUT2D eigenvalue weighted by Gasteiger charge is 2.18. The molecule has 16 heavy (non-hydrogen) atoms. The van der Waals surface area contributed by atoms with Gasteiger partial charge in [0.2, 0.25) is 0 Å². The molecule has 1 atom stereocenters. The lowest BCUT2D eigenvalue weighted by Crippen LogP contribution is -2.30. The van der Waals surface area contributed by atoms with Crippen molar-refractivity contribution < 1.29 is 4.42 Å². The molecule has 1 unspecified atom stereocenters. The van der Waals surface area contributed by atoms with E-state index in [0.29, 0.717) is 11.8 Å². The molecule has 2 heterocycles. The molecule has 90 valence electrons. The quantitative estimate of drug-likeness (QED) is 0.854. The van der Waals surface area contributed by atoms with E-state index in [2.05, 4.69) is 24.1 Å². The van der Waals surface area contributed by atoms with Crippen LogP contribution in [0.15, 0.2) is 4.42 Å². The van der Waals surface area contributed by atoms with Gasteiger partial charge in [-0.3, -0.25) is 0 Å². The fourth-order valence-corrected chi connectivity index (χ4v) is 2.43. The highest BCUT2D eigenvalue weighted by atomic mass is 16.4. The molecule has 3 nitrogen and oxygen atoms in total. The van der Waals surface area contributed by atoms with Crippen molar-refractivity contribution >= 4 is 0 Å². The second-order valence-electron chi connectivity index (χ2n) is 5.13. The number of nitrogens with one attached hydrogen (secondary N) is 1. The molecular formula is C13H22N2O. The van der Waals surface area contributed by atoms with Crippen LogP contribution in [0.3, 0.4) is 0 Å². The van der Waals surface area contributed by atoms with Crippen LogP contribution < -0.4 is 5.32 Å². The lowest BCUT2D eigenvalue weighted by molar-refractivity contribution is 0.337. The van der Waals surface area contributed by atoms with Gasteiger partial charge in [0.25, 0.3) is 0 Å². The molecule has 0 aliphatic carbocycles. The standard InChI is InChI=1S/C13H22N2O/c1-9(2)13-10(3)15-12(16-13)7-11-5-4-6-14-8-11/h9,11,14H,4-8H2,1-3H3. The van der Waals surface area contributed by atoms with Gasteiger partial charge in [0.15, 0.2) is 5.89 Å². The van der Waals surface area contributed by atoms with Gasteiger partial charge in [0.1, 0.15) is 5.76 Å². The van der Waals surface area contributed by atoms with Gasteiger partial charge in [-0.1, -0.05) is 13.8 Å². The number of piperidine rings is 1. The number of hydrogen-bond donors (Lipinski definition) is 1. The first-order valence-corrected chi connectivity index (χ1v) is 6.33. The lowest BCUT2D eigenvalue weighted by atomic mass is 9.96. The molecule has 1 aliphatic rings. The van der Waals surface area contributed by atoms with Crippen LogP contribution in [0.5, 0.6) is 0 Å². The van der Waals surface area contributed by atoms with E-state index in [0.717, 1.165) is 30.3 Å². The third-order valence-corrected chi connectivity index (χ3v) is 3.26. The van der Waals surface area contributed by atoms with Crippen LogP contribution in [0, 0.1) is 12.8 Å². The molecule has 1 fully saturated rings. The maximum Gasteiger partial charge on any atom is 0.194 e. The minimum atomic E-state index is 0.436. The van der Waals surface area contributed by atoms with E-state index in [-0.39, 0.29) is 0 Å². The molecule has 1 N–H and O–H groups in total. The molecule has 0 amide bonds. The zero-order valence-electron chi connectivity index (χ0n) is 10.5. The zero-order chi connectivity index (χ0) is 11.5. The van der Waals surface area contributed by atoms with E-state index in [1.165, 1.54) is 19.4 Å². The summed E-state index contributed by atoms with van der Waals surface area (Å²) in [6, 6.07) is 0. The van der Waals surface area contributed by atoms with Crippen molar-refractivity contribution in [2.75, 3.05) is 13.1 Å². The smallest absolute Gasteiger partial charge is 0.194 e. The summed E-state index contributed by atoms with van der Waals surface area (Å²) in [5.41, 5.74) is 1.06. The minimum absolute atomic E-state index is 0.436. The average molecular weight is 222 g/mol. The summed E-state index contributed by atoms with van der Waals surface area (Å²) in [6.07, 6.45) is 3.56. The molecule has 0 aromatic carbocycles. The Hall–Kier alpha value is -0.830. The highest BCUT2D eigenvalue weighted by molar-refractivity contribution is 5.11. The average Bonchev–Trinajstić information content (AvgIpc) is 2.61. The van der Waals surface area contributed by atoms with E-state index in [1.807, 2.05) is 6.92 Å². The second-order valence-corrected chi connectivity index (χ2v) is 5.13. The van der Waals surface area contributed by atoms with Crippen molar-refractivity contribution in [3.8, 4) is 0 Å². The Morgan fingerprint density at radius 2 is 2.31 bits per heavy atom. The van der Waals surface area contributed by atoms with Gasteiger partial charge in [0.05, 0.1) is 5.69 Å². The fraction of sp³-hybridized carbons (Fsp3) is 0.769. The van der Waals surface area contributed by atoms with Gasteiger partial charge in [-0.05, 0) is 38.8 Å².